The lowest BCUT2D eigenvalue weighted by atomic mass is 10.0. The van der Waals surface area contributed by atoms with E-state index in [1.807, 2.05) is 24.3 Å². The Kier molecular flexibility index (Phi) is 4.16. The van der Waals surface area contributed by atoms with Gasteiger partial charge >= 0.3 is 0 Å². The van der Waals surface area contributed by atoms with Gasteiger partial charge in [0.15, 0.2) is 5.82 Å². The molecule has 1 aliphatic heterocycles. The van der Waals surface area contributed by atoms with Crippen LogP contribution in [0.15, 0.2) is 53.5 Å². The molecule has 1 N–H and O–H groups in total. The number of benzene rings is 2. The maximum atomic E-state index is 14.1. The van der Waals surface area contributed by atoms with Crippen molar-refractivity contribution in [3.05, 3.63) is 66.0 Å². The first-order valence-electron chi connectivity index (χ1n) is 8.29. The zero-order chi connectivity index (χ0) is 18.1. The van der Waals surface area contributed by atoms with Crippen molar-refractivity contribution in [2.75, 3.05) is 12.4 Å². The zero-order valence-corrected chi connectivity index (χ0v) is 14.1. The van der Waals surface area contributed by atoms with Gasteiger partial charge in [-0.25, -0.2) is 18.7 Å². The summed E-state index contributed by atoms with van der Waals surface area (Å²) in [4.78, 5) is 13.6. The number of fused-ring (bicyclic) bond motifs is 1. The van der Waals surface area contributed by atoms with Gasteiger partial charge in [0.05, 0.1) is 5.52 Å². The average molecular weight is 350 g/mol. The number of dihydropyridines is 1. The van der Waals surface area contributed by atoms with Crippen molar-refractivity contribution in [2.24, 2.45) is 4.99 Å². The second kappa shape index (κ2) is 6.63. The number of hydrogen-bond acceptors (Lipinski definition) is 4. The minimum atomic E-state index is -0.601. The summed E-state index contributed by atoms with van der Waals surface area (Å²) in [7, 11) is 1.78. The van der Waals surface area contributed by atoms with Crippen LogP contribution in [0.1, 0.15) is 18.3 Å². The van der Waals surface area contributed by atoms with E-state index in [9.17, 15) is 8.78 Å². The highest BCUT2D eigenvalue weighted by Gasteiger charge is 2.17. The molecule has 0 amide bonds. The summed E-state index contributed by atoms with van der Waals surface area (Å²) in [5.74, 6) is 0.0940. The Morgan fingerprint density at radius 2 is 1.96 bits per heavy atom. The van der Waals surface area contributed by atoms with E-state index >= 15 is 0 Å². The number of nitrogens with zero attached hydrogens (tertiary/aromatic N) is 3. The van der Waals surface area contributed by atoms with E-state index in [0.717, 1.165) is 23.4 Å². The summed E-state index contributed by atoms with van der Waals surface area (Å²) in [6.45, 7) is 0. The number of halogens is 2. The maximum Gasteiger partial charge on any atom is 0.156 e. The van der Waals surface area contributed by atoms with Crippen molar-refractivity contribution in [3.63, 3.8) is 0 Å². The SMILES string of the molecule is CNc1nc(C2CC=CC=N2)nc2ccc(-c3ccc(F)cc3F)cc12. The maximum absolute atomic E-state index is 14.1. The number of rotatable bonds is 3. The van der Waals surface area contributed by atoms with Crippen LogP contribution in [0.3, 0.4) is 0 Å². The molecule has 2 heterocycles. The van der Waals surface area contributed by atoms with Crippen LogP contribution < -0.4 is 5.32 Å². The van der Waals surface area contributed by atoms with Crippen molar-refractivity contribution in [2.45, 2.75) is 12.5 Å². The zero-order valence-electron chi connectivity index (χ0n) is 14.1. The lowest BCUT2D eigenvalue weighted by molar-refractivity contribution is 0.585. The molecule has 2 aromatic carbocycles. The number of aliphatic imine (C=N–C) groups is 1. The first kappa shape index (κ1) is 16.3. The van der Waals surface area contributed by atoms with Gasteiger partial charge in [0, 0.05) is 30.3 Å². The Bertz CT molecular complexity index is 1040. The molecule has 130 valence electrons. The Balaban J connectivity index is 1.83. The molecule has 4 rings (SSSR count). The van der Waals surface area contributed by atoms with Gasteiger partial charge in [0.1, 0.15) is 23.5 Å². The van der Waals surface area contributed by atoms with E-state index in [4.69, 9.17) is 0 Å². The molecule has 0 aliphatic carbocycles. The fourth-order valence-corrected chi connectivity index (χ4v) is 3.03. The van der Waals surface area contributed by atoms with Crippen LogP contribution in [0, 0.1) is 11.6 Å². The van der Waals surface area contributed by atoms with E-state index in [1.54, 1.807) is 19.3 Å². The van der Waals surface area contributed by atoms with Crippen LogP contribution in [-0.4, -0.2) is 23.2 Å². The number of nitrogens with one attached hydrogen (secondary N) is 1. The van der Waals surface area contributed by atoms with E-state index in [-0.39, 0.29) is 6.04 Å². The minimum absolute atomic E-state index is 0.106. The van der Waals surface area contributed by atoms with E-state index < -0.39 is 11.6 Å². The lowest BCUT2D eigenvalue weighted by Gasteiger charge is -2.15. The predicted octanol–water partition coefficient (Wildman–Crippen LogP) is 4.69. The van der Waals surface area contributed by atoms with Crippen LogP contribution in [-0.2, 0) is 0 Å². The molecule has 1 unspecified atom stereocenters. The molecule has 26 heavy (non-hydrogen) atoms. The monoisotopic (exact) mass is 350 g/mol. The van der Waals surface area contributed by atoms with Crippen LogP contribution in [0.5, 0.6) is 0 Å². The van der Waals surface area contributed by atoms with Gasteiger partial charge in [-0.1, -0.05) is 12.1 Å². The third kappa shape index (κ3) is 2.94. The van der Waals surface area contributed by atoms with Crippen molar-refractivity contribution < 1.29 is 8.78 Å². The molecule has 6 heteroatoms. The smallest absolute Gasteiger partial charge is 0.156 e. The number of anilines is 1. The molecule has 0 radical (unpaired) electrons. The lowest BCUT2D eigenvalue weighted by Crippen LogP contribution is -2.07. The van der Waals surface area contributed by atoms with Gasteiger partial charge in [-0.2, -0.15) is 0 Å². The second-order valence-electron chi connectivity index (χ2n) is 6.01. The Morgan fingerprint density at radius 3 is 2.69 bits per heavy atom. The second-order valence-corrected chi connectivity index (χ2v) is 6.01. The van der Waals surface area contributed by atoms with Crippen molar-refractivity contribution >= 4 is 22.9 Å². The molecular weight excluding hydrogens is 334 g/mol. The number of hydrogen-bond donors (Lipinski definition) is 1. The molecule has 0 fully saturated rings. The van der Waals surface area contributed by atoms with Gasteiger partial charge in [-0.05, 0) is 42.3 Å². The molecule has 0 spiro atoms. The van der Waals surface area contributed by atoms with Crippen LogP contribution >= 0.6 is 0 Å². The summed E-state index contributed by atoms with van der Waals surface area (Å²) in [6.07, 6.45) is 6.44. The Hall–Kier alpha value is -3.15. The van der Waals surface area contributed by atoms with Gasteiger partial charge in [0.2, 0.25) is 0 Å². The standard InChI is InChI=1S/C20H16F2N4/c1-23-19-15-10-12(14-7-6-13(21)11-16(14)22)5-8-17(15)25-20(26-19)18-4-2-3-9-24-18/h2-3,5-11,18H,4H2,1H3,(H,23,25,26). The van der Waals surface area contributed by atoms with Gasteiger partial charge in [-0.3, -0.25) is 4.99 Å². The molecule has 1 atom stereocenters. The van der Waals surface area contributed by atoms with E-state index in [2.05, 4.69) is 20.3 Å². The summed E-state index contributed by atoms with van der Waals surface area (Å²) in [5.41, 5.74) is 1.72. The molecule has 1 aliphatic rings. The quantitative estimate of drug-likeness (QED) is 0.746. The summed E-state index contributed by atoms with van der Waals surface area (Å²) < 4.78 is 27.3. The molecule has 1 aromatic heterocycles. The van der Waals surface area contributed by atoms with E-state index in [0.29, 0.717) is 22.8 Å². The van der Waals surface area contributed by atoms with Crippen molar-refractivity contribution in [3.8, 4) is 11.1 Å². The van der Waals surface area contributed by atoms with Crippen LogP contribution in [0.4, 0.5) is 14.6 Å². The molecule has 0 saturated heterocycles. The predicted molar refractivity (Wildman–Crippen MR) is 99.4 cm³/mol. The number of allylic oxidation sites excluding steroid dienone is 1. The minimum Gasteiger partial charge on any atom is -0.373 e. The highest BCUT2D eigenvalue weighted by atomic mass is 19.1. The normalized spacial score (nSPS) is 16.2. The summed E-state index contributed by atoms with van der Waals surface area (Å²) in [5, 5.41) is 3.85. The Labute approximate surface area is 149 Å². The van der Waals surface area contributed by atoms with Gasteiger partial charge in [0.25, 0.3) is 0 Å². The van der Waals surface area contributed by atoms with Gasteiger partial charge < -0.3 is 5.32 Å². The van der Waals surface area contributed by atoms with E-state index in [1.165, 1.54) is 12.1 Å². The summed E-state index contributed by atoms with van der Waals surface area (Å²) >= 11 is 0. The fourth-order valence-electron chi connectivity index (χ4n) is 3.03. The first-order valence-corrected chi connectivity index (χ1v) is 8.29. The van der Waals surface area contributed by atoms with Crippen molar-refractivity contribution in [1.29, 1.82) is 0 Å². The fraction of sp³-hybridized carbons (Fsp3) is 0.150. The largest absolute Gasteiger partial charge is 0.373 e. The highest BCUT2D eigenvalue weighted by molar-refractivity contribution is 5.92. The van der Waals surface area contributed by atoms with Crippen molar-refractivity contribution in [1.82, 2.24) is 9.97 Å². The topological polar surface area (TPSA) is 50.2 Å². The van der Waals surface area contributed by atoms with Crippen LogP contribution in [0.2, 0.25) is 0 Å². The molecule has 0 bridgehead atoms. The first-order chi connectivity index (χ1) is 12.7. The third-order valence-corrected chi connectivity index (χ3v) is 4.34. The number of aromatic nitrogens is 2. The molecule has 3 aromatic rings. The molecule has 0 saturated carbocycles. The highest BCUT2D eigenvalue weighted by Crippen LogP contribution is 2.31. The molecular formula is C20H16F2N4. The Morgan fingerprint density at radius 1 is 1.08 bits per heavy atom. The van der Waals surface area contributed by atoms with Crippen LogP contribution in [0.25, 0.3) is 22.0 Å². The molecule has 4 nitrogen and oxygen atoms in total. The summed E-state index contributed by atoms with van der Waals surface area (Å²) in [6, 6.07) is 8.86. The van der Waals surface area contributed by atoms with Gasteiger partial charge in [-0.15, -0.1) is 0 Å². The average Bonchev–Trinajstić information content (AvgIpc) is 2.67. The third-order valence-electron chi connectivity index (χ3n) is 4.34.